The fourth-order valence-electron chi connectivity index (χ4n) is 1.72. The predicted molar refractivity (Wildman–Crippen MR) is 60.2 cm³/mol. The lowest BCUT2D eigenvalue weighted by atomic mass is 9.76. The summed E-state index contributed by atoms with van der Waals surface area (Å²) in [5, 5.41) is 8.94. The van der Waals surface area contributed by atoms with E-state index in [0.717, 1.165) is 5.57 Å². The molecule has 1 amide bonds. The van der Waals surface area contributed by atoms with Crippen LogP contribution in [0.15, 0.2) is 23.3 Å². The van der Waals surface area contributed by atoms with Crippen LogP contribution in [-0.2, 0) is 9.53 Å². The van der Waals surface area contributed by atoms with Crippen LogP contribution in [0.25, 0.3) is 0 Å². The predicted octanol–water partition coefficient (Wildman–Crippen LogP) is 1.29. The van der Waals surface area contributed by atoms with Crippen LogP contribution >= 0.6 is 0 Å². The second-order valence-electron chi connectivity index (χ2n) is 4.04. The van der Waals surface area contributed by atoms with Crippen molar-refractivity contribution in [3.63, 3.8) is 0 Å². The molecule has 0 saturated heterocycles. The molecule has 4 nitrogen and oxygen atoms in total. The van der Waals surface area contributed by atoms with E-state index in [9.17, 15) is 4.79 Å². The molecule has 1 aliphatic rings. The Hall–Kier alpha value is -1.60. The maximum absolute atomic E-state index is 11.5. The summed E-state index contributed by atoms with van der Waals surface area (Å²) in [6.45, 7) is 5.86. The molecule has 1 aliphatic carbocycles. The average Bonchev–Trinajstić information content (AvgIpc) is 2.23. The van der Waals surface area contributed by atoms with Gasteiger partial charge in [-0.3, -0.25) is 4.79 Å². The summed E-state index contributed by atoms with van der Waals surface area (Å²) in [7, 11) is 0. The largest absolute Gasteiger partial charge is 0.373 e. The molecule has 0 saturated carbocycles. The smallest absolute Gasteiger partial charge is 0.230 e. The van der Waals surface area contributed by atoms with Crippen molar-refractivity contribution in [1.82, 2.24) is 0 Å². The first-order valence-corrected chi connectivity index (χ1v) is 5.19. The van der Waals surface area contributed by atoms with E-state index in [1.807, 2.05) is 13.8 Å². The molecule has 16 heavy (non-hydrogen) atoms. The topological polar surface area (TPSA) is 76.1 Å². The Kier molecular flexibility index (Phi) is 3.51. The highest BCUT2D eigenvalue weighted by molar-refractivity contribution is 5.85. The number of nitriles is 1. The molecule has 0 aromatic heterocycles. The van der Waals surface area contributed by atoms with Crippen LogP contribution in [0.5, 0.6) is 0 Å². The van der Waals surface area contributed by atoms with E-state index in [0.29, 0.717) is 12.2 Å². The summed E-state index contributed by atoms with van der Waals surface area (Å²) < 4.78 is 5.49. The molecular weight excluding hydrogens is 204 g/mol. The van der Waals surface area contributed by atoms with Gasteiger partial charge in [-0.05, 0) is 32.4 Å². The van der Waals surface area contributed by atoms with Gasteiger partial charge in [-0.15, -0.1) is 0 Å². The number of allylic oxidation sites excluding steroid dienone is 2. The minimum absolute atomic E-state index is 0.396. The van der Waals surface area contributed by atoms with Crippen molar-refractivity contribution in [3.05, 3.63) is 23.3 Å². The van der Waals surface area contributed by atoms with E-state index >= 15 is 0 Å². The van der Waals surface area contributed by atoms with Gasteiger partial charge in [0, 0.05) is 6.61 Å². The second kappa shape index (κ2) is 4.50. The first kappa shape index (κ1) is 12.5. The van der Waals surface area contributed by atoms with Gasteiger partial charge >= 0.3 is 0 Å². The molecule has 0 bridgehead atoms. The van der Waals surface area contributed by atoms with Crippen molar-refractivity contribution in [2.45, 2.75) is 26.9 Å². The van der Waals surface area contributed by atoms with Crippen molar-refractivity contribution in [3.8, 4) is 6.07 Å². The third-order valence-electron chi connectivity index (χ3n) is 2.86. The van der Waals surface area contributed by atoms with Gasteiger partial charge in [0.2, 0.25) is 5.91 Å². The van der Waals surface area contributed by atoms with Gasteiger partial charge in [0.25, 0.3) is 0 Å². The van der Waals surface area contributed by atoms with E-state index < -0.39 is 17.4 Å². The van der Waals surface area contributed by atoms with Gasteiger partial charge < -0.3 is 10.5 Å². The molecule has 0 aliphatic heterocycles. The van der Waals surface area contributed by atoms with Crippen molar-refractivity contribution in [2.75, 3.05) is 6.61 Å². The maximum atomic E-state index is 11.5. The van der Waals surface area contributed by atoms with Gasteiger partial charge in [0.1, 0.15) is 0 Å². The van der Waals surface area contributed by atoms with Gasteiger partial charge in [-0.2, -0.15) is 5.26 Å². The van der Waals surface area contributed by atoms with Crippen LogP contribution in [0.1, 0.15) is 20.8 Å². The Labute approximate surface area is 95.4 Å². The molecule has 0 aromatic rings. The number of hydrogen-bond acceptors (Lipinski definition) is 3. The van der Waals surface area contributed by atoms with E-state index in [4.69, 9.17) is 15.7 Å². The van der Waals surface area contributed by atoms with Crippen molar-refractivity contribution in [1.29, 1.82) is 5.26 Å². The number of hydrogen-bond donors (Lipinski definition) is 1. The number of carbonyl (C=O) groups excluding carboxylic acids is 1. The van der Waals surface area contributed by atoms with Crippen molar-refractivity contribution >= 4 is 5.91 Å². The first-order chi connectivity index (χ1) is 7.45. The molecule has 0 spiro atoms. The molecule has 0 aromatic carbocycles. The van der Waals surface area contributed by atoms with Crippen LogP contribution < -0.4 is 5.73 Å². The summed E-state index contributed by atoms with van der Waals surface area (Å²) >= 11 is 0. The van der Waals surface area contributed by atoms with Gasteiger partial charge in [-0.25, -0.2) is 0 Å². The highest BCUT2D eigenvalue weighted by atomic mass is 16.5. The first-order valence-electron chi connectivity index (χ1n) is 5.19. The Morgan fingerprint density at radius 1 is 1.75 bits per heavy atom. The van der Waals surface area contributed by atoms with Crippen LogP contribution in [-0.4, -0.2) is 18.6 Å². The number of rotatable bonds is 3. The van der Waals surface area contributed by atoms with E-state index in [-0.39, 0.29) is 0 Å². The van der Waals surface area contributed by atoms with Gasteiger partial charge in [0.15, 0.2) is 0 Å². The normalized spacial score (nSPS) is 29.0. The molecule has 4 heteroatoms. The fraction of sp³-hybridized carbons (Fsp3) is 0.500. The van der Waals surface area contributed by atoms with Crippen LogP contribution in [0.3, 0.4) is 0 Å². The standard InChI is InChI=1S/C12H16N2O2/c1-4-16-10-5-8(2)9(7-13)6-12(10,3)11(14)15/h5-6,10H,4H2,1-3H3,(H2,14,15). The summed E-state index contributed by atoms with van der Waals surface area (Å²) in [5.74, 6) is -0.484. The fourth-order valence-corrected chi connectivity index (χ4v) is 1.72. The molecule has 2 N–H and O–H groups in total. The molecular formula is C12H16N2O2. The number of nitrogens with zero attached hydrogens (tertiary/aromatic N) is 1. The molecule has 0 fully saturated rings. The van der Waals surface area contributed by atoms with Crippen LogP contribution in [0.4, 0.5) is 0 Å². The number of amides is 1. The SMILES string of the molecule is CCOC1C=C(C)C(C#N)=CC1(C)C(N)=O. The quantitative estimate of drug-likeness (QED) is 0.778. The minimum atomic E-state index is -0.944. The molecule has 2 unspecified atom stereocenters. The highest BCUT2D eigenvalue weighted by Gasteiger charge is 2.40. The van der Waals surface area contributed by atoms with E-state index in [1.165, 1.54) is 0 Å². The van der Waals surface area contributed by atoms with Crippen molar-refractivity contribution < 1.29 is 9.53 Å². The Morgan fingerprint density at radius 2 is 2.38 bits per heavy atom. The summed E-state index contributed by atoms with van der Waals surface area (Å²) in [6.07, 6.45) is 2.99. The van der Waals surface area contributed by atoms with Crippen LogP contribution in [0, 0.1) is 16.7 Å². The second-order valence-corrected chi connectivity index (χ2v) is 4.04. The Morgan fingerprint density at radius 3 is 2.81 bits per heavy atom. The zero-order valence-corrected chi connectivity index (χ0v) is 9.78. The monoisotopic (exact) mass is 220 g/mol. The summed E-state index contributed by atoms with van der Waals surface area (Å²) in [6, 6.07) is 2.06. The zero-order chi connectivity index (χ0) is 12.3. The zero-order valence-electron chi connectivity index (χ0n) is 9.78. The number of nitrogens with two attached hydrogens (primary N) is 1. The van der Waals surface area contributed by atoms with E-state index in [2.05, 4.69) is 6.07 Å². The molecule has 0 heterocycles. The highest BCUT2D eigenvalue weighted by Crippen LogP contribution is 2.34. The average molecular weight is 220 g/mol. The summed E-state index contributed by atoms with van der Waals surface area (Å²) in [4.78, 5) is 11.5. The third-order valence-corrected chi connectivity index (χ3v) is 2.86. The number of primary amides is 1. The third kappa shape index (κ3) is 2.00. The number of ether oxygens (including phenoxy) is 1. The Balaban J connectivity index is 3.19. The lowest BCUT2D eigenvalue weighted by Crippen LogP contribution is -2.45. The molecule has 2 atom stereocenters. The van der Waals surface area contributed by atoms with Crippen LogP contribution in [0.2, 0.25) is 0 Å². The van der Waals surface area contributed by atoms with Gasteiger partial charge in [0.05, 0.1) is 23.2 Å². The number of carbonyl (C=O) groups is 1. The maximum Gasteiger partial charge on any atom is 0.230 e. The molecule has 1 rings (SSSR count). The van der Waals surface area contributed by atoms with E-state index in [1.54, 1.807) is 19.1 Å². The lowest BCUT2D eigenvalue weighted by Gasteiger charge is -2.33. The Bertz CT molecular complexity index is 404. The molecule has 0 radical (unpaired) electrons. The summed E-state index contributed by atoms with van der Waals surface area (Å²) in [5.41, 5.74) is 5.74. The minimum Gasteiger partial charge on any atom is -0.373 e. The van der Waals surface area contributed by atoms with Crippen molar-refractivity contribution in [2.24, 2.45) is 11.1 Å². The van der Waals surface area contributed by atoms with Gasteiger partial charge in [-0.1, -0.05) is 6.08 Å². The molecule has 86 valence electrons. The lowest BCUT2D eigenvalue weighted by molar-refractivity contribution is -0.130.